The van der Waals surface area contributed by atoms with E-state index >= 15 is 0 Å². The zero-order chi connectivity index (χ0) is 15.8. The predicted molar refractivity (Wildman–Crippen MR) is 92.6 cm³/mol. The summed E-state index contributed by atoms with van der Waals surface area (Å²) in [6, 6.07) is 8.43. The zero-order valence-electron chi connectivity index (χ0n) is 13.8. The van der Waals surface area contributed by atoms with Crippen molar-refractivity contribution in [3.8, 4) is 0 Å². The molecule has 0 radical (unpaired) electrons. The number of carbonyl (C=O) groups excluding carboxylic acids is 1. The van der Waals surface area contributed by atoms with Crippen molar-refractivity contribution in [2.75, 3.05) is 31.1 Å². The molecule has 0 aromatic heterocycles. The van der Waals surface area contributed by atoms with Gasteiger partial charge in [-0.3, -0.25) is 4.79 Å². The summed E-state index contributed by atoms with van der Waals surface area (Å²) in [6.07, 6.45) is 6.29. The van der Waals surface area contributed by atoms with Crippen LogP contribution in [0.4, 0.5) is 5.69 Å². The first-order valence-corrected chi connectivity index (χ1v) is 9.09. The van der Waals surface area contributed by atoms with E-state index in [1.54, 1.807) is 0 Å². The molecule has 3 heterocycles. The molecule has 3 saturated heterocycles. The lowest BCUT2D eigenvalue weighted by Gasteiger charge is -2.23. The molecule has 1 aromatic rings. The van der Waals surface area contributed by atoms with Crippen LogP contribution in [0.3, 0.4) is 0 Å². The Morgan fingerprint density at radius 3 is 2.04 bits per heavy atom. The number of fused-ring (bicyclic) bond motifs is 4. The number of rotatable bonds is 2. The number of amides is 1. The number of hydrogen-bond acceptors (Lipinski definition) is 3. The normalized spacial score (nSPS) is 30.6. The first kappa shape index (κ1) is 15.0. The molecule has 5 rings (SSSR count). The first-order valence-electron chi connectivity index (χ1n) is 9.09. The fraction of sp³-hybridized carbons (Fsp3) is 0.632. The number of nitrogens with zero attached hydrogens (tertiary/aromatic N) is 2. The monoisotopic (exact) mass is 313 g/mol. The van der Waals surface area contributed by atoms with Gasteiger partial charge in [-0.05, 0) is 68.2 Å². The van der Waals surface area contributed by atoms with E-state index in [2.05, 4.69) is 21.9 Å². The van der Waals surface area contributed by atoms with Crippen LogP contribution in [0.25, 0.3) is 0 Å². The Morgan fingerprint density at radius 1 is 0.913 bits per heavy atom. The molecular weight excluding hydrogens is 286 g/mol. The van der Waals surface area contributed by atoms with Crippen LogP contribution < -0.4 is 10.6 Å². The second-order valence-corrected chi connectivity index (χ2v) is 7.64. The largest absolute Gasteiger partial charge is 0.370 e. The van der Waals surface area contributed by atoms with Crippen molar-refractivity contribution in [2.24, 2.45) is 17.6 Å². The van der Waals surface area contributed by atoms with Crippen LogP contribution in [0.15, 0.2) is 24.3 Å². The van der Waals surface area contributed by atoms with E-state index in [0.29, 0.717) is 0 Å². The van der Waals surface area contributed by atoms with Gasteiger partial charge in [0, 0.05) is 43.5 Å². The van der Waals surface area contributed by atoms with Gasteiger partial charge >= 0.3 is 0 Å². The van der Waals surface area contributed by atoms with Crippen LogP contribution in [0, 0.1) is 11.8 Å². The summed E-state index contributed by atoms with van der Waals surface area (Å²) in [5.41, 5.74) is 8.00. The van der Waals surface area contributed by atoms with Crippen molar-refractivity contribution < 1.29 is 4.79 Å². The predicted octanol–water partition coefficient (Wildman–Crippen LogP) is 2.49. The van der Waals surface area contributed by atoms with Crippen molar-refractivity contribution in [1.82, 2.24) is 4.90 Å². The highest BCUT2D eigenvalue weighted by Gasteiger charge is 2.32. The molecule has 3 aliphatic heterocycles. The minimum atomic E-state index is 0.216. The lowest BCUT2D eigenvalue weighted by atomic mass is 9.84. The summed E-state index contributed by atoms with van der Waals surface area (Å²) in [4.78, 5) is 17.3. The summed E-state index contributed by atoms with van der Waals surface area (Å²) in [5, 5.41) is 0. The van der Waals surface area contributed by atoms with Gasteiger partial charge in [0.05, 0.1) is 0 Å². The average molecular weight is 313 g/mol. The van der Waals surface area contributed by atoms with Gasteiger partial charge in [0.2, 0.25) is 0 Å². The van der Waals surface area contributed by atoms with Gasteiger partial charge in [-0.1, -0.05) is 0 Å². The van der Waals surface area contributed by atoms with E-state index in [0.717, 1.165) is 50.0 Å². The van der Waals surface area contributed by atoms with Crippen molar-refractivity contribution in [3.05, 3.63) is 29.8 Å². The van der Waals surface area contributed by atoms with Crippen LogP contribution >= 0.6 is 0 Å². The molecule has 4 nitrogen and oxygen atoms in total. The van der Waals surface area contributed by atoms with Crippen LogP contribution in [0.5, 0.6) is 0 Å². The molecule has 4 fully saturated rings. The third-order valence-corrected chi connectivity index (χ3v) is 5.91. The van der Waals surface area contributed by atoms with Crippen molar-refractivity contribution in [1.29, 1.82) is 0 Å². The van der Waals surface area contributed by atoms with Crippen molar-refractivity contribution in [2.45, 2.75) is 38.1 Å². The Morgan fingerprint density at radius 2 is 1.52 bits per heavy atom. The van der Waals surface area contributed by atoms with Crippen LogP contribution in [0.1, 0.15) is 42.5 Å². The summed E-state index contributed by atoms with van der Waals surface area (Å²) < 4.78 is 0. The van der Waals surface area contributed by atoms with Gasteiger partial charge in [-0.15, -0.1) is 0 Å². The second-order valence-electron chi connectivity index (χ2n) is 7.64. The molecule has 0 unspecified atom stereocenters. The van der Waals surface area contributed by atoms with E-state index in [9.17, 15) is 4.79 Å². The van der Waals surface area contributed by atoms with Gasteiger partial charge < -0.3 is 15.5 Å². The number of anilines is 1. The van der Waals surface area contributed by atoms with E-state index < -0.39 is 0 Å². The summed E-state index contributed by atoms with van der Waals surface area (Å²) >= 11 is 0. The van der Waals surface area contributed by atoms with Crippen LogP contribution in [-0.4, -0.2) is 43.0 Å². The van der Waals surface area contributed by atoms with Crippen molar-refractivity contribution >= 4 is 11.6 Å². The van der Waals surface area contributed by atoms with Gasteiger partial charge in [-0.2, -0.15) is 0 Å². The second kappa shape index (κ2) is 6.16. The molecule has 1 aliphatic carbocycles. The zero-order valence-corrected chi connectivity index (χ0v) is 13.8. The molecule has 1 aromatic carbocycles. The maximum atomic E-state index is 12.8. The van der Waals surface area contributed by atoms with E-state index in [4.69, 9.17) is 5.73 Å². The van der Waals surface area contributed by atoms with Gasteiger partial charge in [0.15, 0.2) is 0 Å². The summed E-state index contributed by atoms with van der Waals surface area (Å²) in [7, 11) is 0. The Bertz CT molecular complexity index is 548. The van der Waals surface area contributed by atoms with Crippen LogP contribution in [0.2, 0.25) is 0 Å². The standard InChI is InChI=1S/C19H27N3O/c20-17-9-10-21(13-17)18-7-5-16(6-8-18)19(23)22-11-14-1-2-15(12-22)4-3-14/h5-8,14-15,17H,1-4,9-13,20H2/t14?,15?,17-/m1/s1. The summed E-state index contributed by atoms with van der Waals surface area (Å²) in [5.74, 6) is 1.67. The topological polar surface area (TPSA) is 49.6 Å². The Balaban J connectivity index is 1.46. The molecule has 1 amide bonds. The number of carbonyl (C=O) groups is 1. The first-order chi connectivity index (χ1) is 11.2. The Kier molecular flexibility index (Phi) is 4.02. The van der Waals surface area contributed by atoms with Gasteiger partial charge in [-0.25, -0.2) is 0 Å². The molecule has 1 atom stereocenters. The highest BCUT2D eigenvalue weighted by Crippen LogP contribution is 2.34. The quantitative estimate of drug-likeness (QED) is 0.912. The Labute approximate surface area is 138 Å². The van der Waals surface area contributed by atoms with E-state index in [-0.39, 0.29) is 11.9 Å². The van der Waals surface area contributed by atoms with Crippen LogP contribution in [-0.2, 0) is 0 Å². The van der Waals surface area contributed by atoms with Gasteiger partial charge in [0.1, 0.15) is 0 Å². The smallest absolute Gasteiger partial charge is 0.253 e. The SMILES string of the molecule is N[C@@H]1CCN(c2ccc(C(=O)N3CC4CCC(CC4)C3)cc2)C1. The molecule has 4 heteroatoms. The Hall–Kier alpha value is -1.55. The number of nitrogens with two attached hydrogens (primary N) is 1. The molecule has 2 bridgehead atoms. The van der Waals surface area contributed by atoms with Gasteiger partial charge in [0.25, 0.3) is 5.91 Å². The number of benzene rings is 1. The highest BCUT2D eigenvalue weighted by molar-refractivity contribution is 5.94. The third-order valence-electron chi connectivity index (χ3n) is 5.91. The molecule has 124 valence electrons. The molecule has 4 aliphatic rings. The average Bonchev–Trinajstić information content (AvgIpc) is 2.81. The summed E-state index contributed by atoms with van der Waals surface area (Å²) in [6.45, 7) is 3.85. The molecular formula is C19H27N3O. The van der Waals surface area contributed by atoms with E-state index in [1.807, 2.05) is 12.1 Å². The number of hydrogen-bond donors (Lipinski definition) is 1. The minimum Gasteiger partial charge on any atom is -0.370 e. The maximum absolute atomic E-state index is 12.8. The molecule has 1 saturated carbocycles. The van der Waals surface area contributed by atoms with Crippen molar-refractivity contribution in [3.63, 3.8) is 0 Å². The fourth-order valence-corrected chi connectivity index (χ4v) is 4.48. The fourth-order valence-electron chi connectivity index (χ4n) is 4.48. The lowest BCUT2D eigenvalue weighted by molar-refractivity contribution is 0.0739. The lowest BCUT2D eigenvalue weighted by Crippen LogP contribution is -2.34. The maximum Gasteiger partial charge on any atom is 0.253 e. The molecule has 0 spiro atoms. The molecule has 23 heavy (non-hydrogen) atoms. The minimum absolute atomic E-state index is 0.216. The van der Waals surface area contributed by atoms with E-state index in [1.165, 1.54) is 31.4 Å². The third kappa shape index (κ3) is 3.09. The molecule has 2 N–H and O–H groups in total. The highest BCUT2D eigenvalue weighted by atomic mass is 16.2.